The van der Waals surface area contributed by atoms with E-state index in [0.29, 0.717) is 0 Å². The second kappa shape index (κ2) is 12.6. The summed E-state index contributed by atoms with van der Waals surface area (Å²) < 4.78 is 63.4. The van der Waals surface area contributed by atoms with Crippen LogP contribution in [0.4, 0.5) is 0 Å². The van der Waals surface area contributed by atoms with Crippen LogP contribution in [-0.2, 0) is 20.2 Å². The van der Waals surface area contributed by atoms with E-state index in [1.54, 1.807) is 0 Å². The summed E-state index contributed by atoms with van der Waals surface area (Å²) in [6.45, 7) is 0. The molecule has 2 aliphatic rings. The maximum absolute atomic E-state index is 13.4. The summed E-state index contributed by atoms with van der Waals surface area (Å²) in [5, 5.41) is 27.7. The lowest BCUT2D eigenvalue weighted by molar-refractivity contribution is 0.0966. The molecule has 0 saturated heterocycles. The molecule has 0 radical (unpaired) electrons. The first kappa shape index (κ1) is 33.6. The van der Waals surface area contributed by atoms with Crippen LogP contribution in [0.15, 0.2) is 105 Å². The molecule has 0 spiro atoms. The molecule has 2 aliphatic carbocycles. The van der Waals surface area contributed by atoms with Gasteiger partial charge in [-0.3, -0.25) is 14.4 Å². The van der Waals surface area contributed by atoms with Crippen molar-refractivity contribution < 1.29 is 49.8 Å². The molecular formula is C33H22N4O11S2. The largest absolute Gasteiger partial charge is 0.504 e. The molecule has 2 unspecified atom stereocenters. The van der Waals surface area contributed by atoms with Gasteiger partial charge in [-0.1, -0.05) is 36.4 Å². The predicted octanol–water partition coefficient (Wildman–Crippen LogP) is 5.08. The molecule has 15 nitrogen and oxygen atoms in total. The molecule has 0 aliphatic heterocycles. The van der Waals surface area contributed by atoms with Gasteiger partial charge in [0.05, 0.1) is 5.56 Å². The van der Waals surface area contributed by atoms with Crippen molar-refractivity contribution in [1.82, 2.24) is 0 Å². The van der Waals surface area contributed by atoms with Crippen LogP contribution < -0.4 is 8.37 Å². The highest BCUT2D eigenvalue weighted by Gasteiger charge is 2.32. The molecule has 0 bridgehead atoms. The zero-order chi connectivity index (χ0) is 36.0. The van der Waals surface area contributed by atoms with Crippen molar-refractivity contribution in [3.8, 4) is 23.0 Å². The van der Waals surface area contributed by atoms with E-state index in [2.05, 4.69) is 10.2 Å². The summed E-state index contributed by atoms with van der Waals surface area (Å²) in [7, 11) is -9.34. The van der Waals surface area contributed by atoms with E-state index < -0.39 is 77.4 Å². The number of carbonyl (C=O) groups is 3. The fourth-order valence-electron chi connectivity index (χ4n) is 5.34. The molecule has 0 saturated carbocycles. The minimum Gasteiger partial charge on any atom is -0.504 e. The number of rotatable bonds is 10. The summed E-state index contributed by atoms with van der Waals surface area (Å²) in [5.74, 6) is -5.07. The first-order valence-corrected chi connectivity index (χ1v) is 17.1. The molecule has 4 aromatic rings. The molecule has 4 N–H and O–H groups in total. The Morgan fingerprint density at radius 2 is 1.18 bits per heavy atom. The van der Waals surface area contributed by atoms with E-state index in [4.69, 9.17) is 19.4 Å². The van der Waals surface area contributed by atoms with Gasteiger partial charge in [0.2, 0.25) is 5.75 Å². The van der Waals surface area contributed by atoms with Crippen molar-refractivity contribution in [2.45, 2.75) is 21.9 Å². The molecule has 50 heavy (non-hydrogen) atoms. The third kappa shape index (κ3) is 5.84. The van der Waals surface area contributed by atoms with Gasteiger partial charge in [-0.2, -0.15) is 27.1 Å². The highest BCUT2D eigenvalue weighted by molar-refractivity contribution is 7.87. The number of carbonyl (C=O) groups excluding carboxylic acids is 3. The number of hydrogen-bond acceptors (Lipinski definition) is 15. The maximum atomic E-state index is 13.4. The Hall–Kier alpha value is -6.33. The minimum absolute atomic E-state index is 0.0411. The Morgan fingerprint density at radius 1 is 0.680 bits per heavy atom. The van der Waals surface area contributed by atoms with Crippen molar-refractivity contribution in [1.29, 1.82) is 11.1 Å². The first-order valence-electron chi connectivity index (χ1n) is 14.3. The van der Waals surface area contributed by atoms with Gasteiger partial charge in [-0.05, 0) is 60.7 Å². The van der Waals surface area contributed by atoms with Gasteiger partial charge in [-0.25, -0.2) is 11.1 Å². The Labute approximate surface area is 283 Å². The van der Waals surface area contributed by atoms with Crippen molar-refractivity contribution >= 4 is 49.7 Å². The average molecular weight is 715 g/mol. The van der Waals surface area contributed by atoms with E-state index in [-0.39, 0.29) is 38.5 Å². The molecule has 17 heteroatoms. The molecule has 252 valence electrons. The van der Waals surface area contributed by atoms with Crippen LogP contribution in [0.2, 0.25) is 0 Å². The van der Waals surface area contributed by atoms with Gasteiger partial charge in [0.1, 0.15) is 15.5 Å². The van der Waals surface area contributed by atoms with Crippen LogP contribution in [0, 0.1) is 11.1 Å². The molecule has 0 aromatic heterocycles. The van der Waals surface area contributed by atoms with Crippen LogP contribution in [0.5, 0.6) is 23.0 Å². The molecule has 0 fully saturated rings. The lowest BCUT2D eigenvalue weighted by Crippen LogP contribution is -2.22. The molecular weight excluding hydrogens is 693 g/mol. The van der Waals surface area contributed by atoms with Gasteiger partial charge in [0.15, 0.2) is 40.9 Å². The number of ketones is 3. The lowest BCUT2D eigenvalue weighted by Gasteiger charge is -2.18. The number of fused-ring (bicyclic) bond motifs is 2. The van der Waals surface area contributed by atoms with E-state index >= 15 is 0 Å². The Balaban J connectivity index is 1.25. The predicted molar refractivity (Wildman–Crippen MR) is 173 cm³/mol. The summed E-state index contributed by atoms with van der Waals surface area (Å²) in [6.07, 6.45) is 5.17. The van der Waals surface area contributed by atoms with Crippen molar-refractivity contribution in [3.05, 3.63) is 118 Å². The number of Topliss-reactive ketones (excluding diaryl/α,β-unsaturated/α-hetero) is 2. The Bertz CT molecular complexity index is 2440. The first-order chi connectivity index (χ1) is 23.8. The second-order valence-corrected chi connectivity index (χ2v) is 13.8. The molecule has 6 rings (SSSR count). The number of phenolic OH excluding ortho intramolecular Hbond substituents is 2. The van der Waals surface area contributed by atoms with Crippen LogP contribution in [0.25, 0.3) is 12.2 Å². The van der Waals surface area contributed by atoms with E-state index in [0.717, 1.165) is 30.3 Å². The number of nitrogens with one attached hydrogen (secondary N) is 2. The van der Waals surface area contributed by atoms with Crippen LogP contribution in [0.1, 0.15) is 47.8 Å². The number of nitrogens with zero attached hydrogens (tertiary/aromatic N) is 2. The third-order valence-electron chi connectivity index (χ3n) is 7.78. The average Bonchev–Trinajstić information content (AvgIpc) is 3.10. The lowest BCUT2D eigenvalue weighted by atomic mass is 9.93. The number of hydrogen-bond donors (Lipinski definition) is 4. The summed E-state index contributed by atoms with van der Waals surface area (Å²) in [5.41, 5.74) is 13.7. The van der Waals surface area contributed by atoms with Crippen molar-refractivity contribution in [2.75, 3.05) is 0 Å². The number of aromatic hydroxyl groups is 2. The third-order valence-corrected chi connectivity index (χ3v) is 10.4. The van der Waals surface area contributed by atoms with E-state index in [1.165, 1.54) is 66.8 Å². The standard InChI is InChI=1S/C33H22N4O11S2/c34-36-24-14-11-19-21(30(24)40)3-1-5-27(19)49(43,44)47-18-9-7-17(8-10-18)29(39)23-13-16-26(38)33(32(23)42)48-50(45,46)28-6-2-4-22-20(28)12-15-25(37-35)31(22)41/h1-16,24-25,34-35,38,42H. The Kier molecular flexibility index (Phi) is 8.46. The zero-order valence-corrected chi connectivity index (χ0v) is 26.8. The maximum Gasteiger partial charge on any atom is 0.340 e. The quantitative estimate of drug-likeness (QED) is 0.0957. The molecule has 4 aromatic carbocycles. The monoisotopic (exact) mass is 714 g/mol. The van der Waals surface area contributed by atoms with Crippen LogP contribution in [0.3, 0.4) is 0 Å². The van der Waals surface area contributed by atoms with Gasteiger partial charge in [0.25, 0.3) is 0 Å². The Morgan fingerprint density at radius 3 is 1.68 bits per heavy atom. The second-order valence-electron chi connectivity index (χ2n) is 10.8. The molecule has 0 amide bonds. The van der Waals surface area contributed by atoms with Crippen LogP contribution >= 0.6 is 0 Å². The number of phenols is 2. The smallest absolute Gasteiger partial charge is 0.340 e. The van der Waals surface area contributed by atoms with Gasteiger partial charge < -0.3 is 18.6 Å². The van der Waals surface area contributed by atoms with Crippen molar-refractivity contribution in [2.24, 2.45) is 10.2 Å². The molecule has 2 atom stereocenters. The highest BCUT2D eigenvalue weighted by atomic mass is 32.2. The normalized spacial score (nSPS) is 16.6. The topological polar surface area (TPSA) is 251 Å². The number of benzene rings is 4. The van der Waals surface area contributed by atoms with Gasteiger partial charge in [-0.15, -0.1) is 0 Å². The van der Waals surface area contributed by atoms with E-state index in [9.17, 15) is 41.4 Å². The summed E-state index contributed by atoms with van der Waals surface area (Å²) in [4.78, 5) is 37.7. The highest BCUT2D eigenvalue weighted by Crippen LogP contribution is 2.42. The minimum atomic E-state index is -4.84. The van der Waals surface area contributed by atoms with Gasteiger partial charge >= 0.3 is 20.2 Å². The summed E-state index contributed by atoms with van der Waals surface area (Å²) in [6, 6.07) is 12.2. The van der Waals surface area contributed by atoms with Crippen LogP contribution in [-0.4, -0.2) is 56.5 Å². The fourth-order valence-corrected chi connectivity index (χ4v) is 7.65. The van der Waals surface area contributed by atoms with Crippen molar-refractivity contribution in [3.63, 3.8) is 0 Å². The SMILES string of the molecule is N=NC1C=Cc2c(cccc2S(=O)(=O)Oc2ccc(C(=O)c3ccc(O)c(OS(=O)(=O)c4cccc5c4C=CC(N=N)C5=O)c3O)cc2)C1=O. The summed E-state index contributed by atoms with van der Waals surface area (Å²) >= 11 is 0. The fraction of sp³-hybridized carbons (Fsp3) is 0.0606. The van der Waals surface area contributed by atoms with Gasteiger partial charge in [0, 0.05) is 27.8 Å². The zero-order valence-electron chi connectivity index (χ0n) is 25.2. The molecule has 0 heterocycles. The van der Waals surface area contributed by atoms with E-state index in [1.807, 2.05) is 0 Å².